The van der Waals surface area contributed by atoms with E-state index in [2.05, 4.69) is 0 Å². The smallest absolute Gasteiger partial charge is 0.123 e. The molecule has 0 heterocycles. The van der Waals surface area contributed by atoms with E-state index in [0.717, 1.165) is 21.5 Å². The topological polar surface area (TPSA) is 72.0 Å². The lowest BCUT2D eigenvalue weighted by molar-refractivity contribution is 0.481. The molecule has 3 radical (unpaired) electrons. The first kappa shape index (κ1) is 19.1. The van der Waals surface area contributed by atoms with Crippen molar-refractivity contribution >= 4 is 30.0 Å². The highest BCUT2D eigenvalue weighted by atomic mass is 16.3. The molecule has 4 rings (SSSR count). The van der Waals surface area contributed by atoms with Gasteiger partial charge in [-0.2, -0.15) is 0 Å². The van der Waals surface area contributed by atoms with Crippen molar-refractivity contribution in [2.75, 3.05) is 0 Å². The van der Waals surface area contributed by atoms with Crippen LogP contribution in [-0.4, -0.2) is 24.1 Å². The van der Waals surface area contributed by atoms with Crippen molar-refractivity contribution in [3.8, 4) is 11.5 Å². The zero-order valence-electron chi connectivity index (χ0n) is 13.1. The highest BCUT2D eigenvalue weighted by molar-refractivity contribution is 5.88. The van der Waals surface area contributed by atoms with Gasteiger partial charge in [-0.25, -0.2) is 0 Å². The standard InChI is InChI=1S/2C10H8O.B.H2O/c2*11-10-7-3-5-8-4-1-2-6-9(8)10;;/h2*1-7,11H;;1H2. The zero-order valence-corrected chi connectivity index (χ0v) is 13.1. The quantitative estimate of drug-likeness (QED) is 0.483. The number of hydrogen-bond donors (Lipinski definition) is 2. The van der Waals surface area contributed by atoms with E-state index < -0.39 is 0 Å². The fraction of sp³-hybridized carbons (Fsp3) is 0. The lowest BCUT2D eigenvalue weighted by atomic mass is 10.1. The highest BCUT2D eigenvalue weighted by Gasteiger charge is 1.95. The van der Waals surface area contributed by atoms with E-state index in [1.807, 2.05) is 72.8 Å². The second-order valence-electron chi connectivity index (χ2n) is 5.00. The van der Waals surface area contributed by atoms with Crippen molar-refractivity contribution in [3.05, 3.63) is 84.9 Å². The fourth-order valence-electron chi connectivity index (χ4n) is 2.42. The lowest BCUT2D eigenvalue weighted by Gasteiger charge is -1.97. The van der Waals surface area contributed by atoms with E-state index in [1.54, 1.807) is 12.1 Å². The minimum absolute atomic E-state index is 0. The van der Waals surface area contributed by atoms with Crippen LogP contribution in [0.3, 0.4) is 0 Å². The first-order chi connectivity index (χ1) is 10.8. The van der Waals surface area contributed by atoms with Crippen LogP contribution < -0.4 is 0 Å². The van der Waals surface area contributed by atoms with E-state index in [1.165, 1.54) is 0 Å². The second-order valence-corrected chi connectivity index (χ2v) is 5.00. The lowest BCUT2D eigenvalue weighted by Crippen LogP contribution is -1.70. The van der Waals surface area contributed by atoms with Gasteiger partial charge in [0.15, 0.2) is 0 Å². The molecule has 0 amide bonds. The molecular weight excluding hydrogens is 299 g/mol. The molecule has 0 aromatic heterocycles. The molecule has 0 saturated carbocycles. The number of hydrogen-bond acceptors (Lipinski definition) is 2. The monoisotopic (exact) mass is 317 g/mol. The van der Waals surface area contributed by atoms with Gasteiger partial charge in [0.2, 0.25) is 0 Å². The summed E-state index contributed by atoms with van der Waals surface area (Å²) in [7, 11) is 0. The first-order valence-corrected chi connectivity index (χ1v) is 7.09. The van der Waals surface area contributed by atoms with Gasteiger partial charge < -0.3 is 15.7 Å². The summed E-state index contributed by atoms with van der Waals surface area (Å²) < 4.78 is 0. The Morgan fingerprint density at radius 3 is 1.17 bits per heavy atom. The van der Waals surface area contributed by atoms with E-state index >= 15 is 0 Å². The third-order valence-corrected chi connectivity index (χ3v) is 3.53. The van der Waals surface area contributed by atoms with Crippen molar-refractivity contribution in [2.24, 2.45) is 0 Å². The number of phenols is 2. The summed E-state index contributed by atoms with van der Waals surface area (Å²) >= 11 is 0. The molecule has 0 bridgehead atoms. The summed E-state index contributed by atoms with van der Waals surface area (Å²) in [6.07, 6.45) is 0. The normalized spacial score (nSPS) is 9.33. The van der Waals surface area contributed by atoms with Crippen LogP contribution in [0.15, 0.2) is 84.9 Å². The Bertz CT molecular complexity index is 834. The first-order valence-electron chi connectivity index (χ1n) is 7.09. The third-order valence-electron chi connectivity index (χ3n) is 3.53. The van der Waals surface area contributed by atoms with Gasteiger partial charge in [-0.3, -0.25) is 0 Å². The number of fused-ring (bicyclic) bond motifs is 2. The third kappa shape index (κ3) is 4.06. The average molecular weight is 317 g/mol. The molecule has 4 aromatic rings. The number of phenolic OH excluding ortho intramolecular Hbond substituents is 2. The zero-order chi connectivity index (χ0) is 15.4. The molecule has 0 aliphatic rings. The van der Waals surface area contributed by atoms with Crippen molar-refractivity contribution in [2.45, 2.75) is 0 Å². The molecule has 4 heteroatoms. The molecular formula is C20H18BO3. The molecule has 0 fully saturated rings. The van der Waals surface area contributed by atoms with Gasteiger partial charge in [0.1, 0.15) is 11.5 Å². The fourth-order valence-corrected chi connectivity index (χ4v) is 2.42. The summed E-state index contributed by atoms with van der Waals surface area (Å²) in [6, 6.07) is 26.6. The summed E-state index contributed by atoms with van der Waals surface area (Å²) in [4.78, 5) is 0. The van der Waals surface area contributed by atoms with Gasteiger partial charge in [-0.05, 0) is 22.9 Å². The SMILES string of the molecule is O.Oc1cccc2ccccc12.Oc1cccc2ccccc12.[B]. The van der Waals surface area contributed by atoms with Gasteiger partial charge in [-0.1, -0.05) is 72.8 Å². The predicted molar refractivity (Wildman–Crippen MR) is 101 cm³/mol. The van der Waals surface area contributed by atoms with Crippen LogP contribution in [0.4, 0.5) is 0 Å². The molecule has 0 saturated heterocycles. The summed E-state index contributed by atoms with van der Waals surface area (Å²) in [5.74, 6) is 0.700. The van der Waals surface area contributed by atoms with Crippen molar-refractivity contribution in [3.63, 3.8) is 0 Å². The maximum atomic E-state index is 9.37. The molecule has 4 aromatic carbocycles. The van der Waals surface area contributed by atoms with Crippen molar-refractivity contribution in [1.29, 1.82) is 0 Å². The van der Waals surface area contributed by atoms with Crippen molar-refractivity contribution in [1.82, 2.24) is 0 Å². The molecule has 3 nitrogen and oxygen atoms in total. The summed E-state index contributed by atoms with van der Waals surface area (Å²) in [5.41, 5.74) is 0. The van der Waals surface area contributed by atoms with Crippen LogP contribution in [-0.2, 0) is 0 Å². The van der Waals surface area contributed by atoms with E-state index in [9.17, 15) is 10.2 Å². The Hall–Kier alpha value is -2.98. The van der Waals surface area contributed by atoms with Gasteiger partial charge in [0.25, 0.3) is 0 Å². The molecule has 119 valence electrons. The number of aromatic hydroxyl groups is 2. The van der Waals surface area contributed by atoms with Crippen LogP contribution in [0.25, 0.3) is 21.5 Å². The van der Waals surface area contributed by atoms with Crippen LogP contribution in [0.2, 0.25) is 0 Å². The Morgan fingerprint density at radius 1 is 0.458 bits per heavy atom. The van der Waals surface area contributed by atoms with Gasteiger partial charge in [0, 0.05) is 19.2 Å². The largest absolute Gasteiger partial charge is 0.507 e. The van der Waals surface area contributed by atoms with E-state index in [-0.39, 0.29) is 13.9 Å². The number of benzene rings is 4. The maximum absolute atomic E-state index is 9.37. The van der Waals surface area contributed by atoms with E-state index in [4.69, 9.17) is 0 Å². The van der Waals surface area contributed by atoms with E-state index in [0.29, 0.717) is 11.5 Å². The summed E-state index contributed by atoms with van der Waals surface area (Å²) in [5, 5.41) is 22.7. The Balaban J connectivity index is 0.000000222. The molecule has 4 N–H and O–H groups in total. The number of rotatable bonds is 0. The van der Waals surface area contributed by atoms with Gasteiger partial charge >= 0.3 is 0 Å². The van der Waals surface area contributed by atoms with Gasteiger partial charge in [0.05, 0.1) is 0 Å². The van der Waals surface area contributed by atoms with Crippen LogP contribution in [0.5, 0.6) is 11.5 Å². The highest BCUT2D eigenvalue weighted by Crippen LogP contribution is 2.23. The second kappa shape index (κ2) is 8.60. The predicted octanol–water partition coefficient (Wildman–Crippen LogP) is 3.89. The molecule has 24 heavy (non-hydrogen) atoms. The van der Waals surface area contributed by atoms with Crippen molar-refractivity contribution < 1.29 is 15.7 Å². The summed E-state index contributed by atoms with van der Waals surface area (Å²) in [6.45, 7) is 0. The molecule has 0 aliphatic heterocycles. The van der Waals surface area contributed by atoms with Crippen LogP contribution >= 0.6 is 0 Å². The maximum Gasteiger partial charge on any atom is 0.123 e. The molecule has 0 spiro atoms. The van der Waals surface area contributed by atoms with Crippen LogP contribution in [0, 0.1) is 0 Å². The Kier molecular flexibility index (Phi) is 6.84. The van der Waals surface area contributed by atoms with Gasteiger partial charge in [-0.15, -0.1) is 0 Å². The molecule has 0 unspecified atom stereocenters. The van der Waals surface area contributed by atoms with Crippen LogP contribution in [0.1, 0.15) is 0 Å². The minimum atomic E-state index is 0. The molecule has 0 aliphatic carbocycles. The molecule has 0 atom stereocenters. The average Bonchev–Trinajstić information content (AvgIpc) is 2.57. The Morgan fingerprint density at radius 2 is 0.792 bits per heavy atom. The minimum Gasteiger partial charge on any atom is -0.507 e. The Labute approximate surface area is 142 Å².